The molecule has 1 aromatic heterocycles. The standard InChI is InChI=1S/C19H24N4O2/c1-13(16-12-25-18-8-3-2-6-15(16)18)22-19(24)23-9-5-4-7-17(23)14-10-20-21-11-14/h2-3,6,8,10-11,13,16-17H,4-5,7,9,12H2,1H3,(H,20,21)(H,22,24)/t13-,16-,17+/m0/s1. The van der Waals surface area contributed by atoms with Gasteiger partial charge in [0.1, 0.15) is 5.75 Å². The van der Waals surface area contributed by atoms with Crippen LogP contribution in [0.1, 0.15) is 49.3 Å². The maximum absolute atomic E-state index is 12.9. The molecule has 0 saturated carbocycles. The second-order valence-electron chi connectivity index (χ2n) is 6.93. The van der Waals surface area contributed by atoms with Crippen LogP contribution < -0.4 is 10.1 Å². The van der Waals surface area contributed by atoms with Gasteiger partial charge in [0.05, 0.1) is 18.8 Å². The first-order valence-corrected chi connectivity index (χ1v) is 9.01. The minimum atomic E-state index is 0.00258. The minimum absolute atomic E-state index is 0.00258. The second-order valence-corrected chi connectivity index (χ2v) is 6.93. The van der Waals surface area contributed by atoms with Crippen molar-refractivity contribution in [1.29, 1.82) is 0 Å². The number of fused-ring (bicyclic) bond motifs is 1. The van der Waals surface area contributed by atoms with Gasteiger partial charge in [-0.05, 0) is 32.3 Å². The van der Waals surface area contributed by atoms with E-state index in [2.05, 4.69) is 28.5 Å². The molecule has 2 N–H and O–H groups in total. The number of hydrogen-bond acceptors (Lipinski definition) is 3. The molecular formula is C19H24N4O2. The van der Waals surface area contributed by atoms with Crippen molar-refractivity contribution in [2.45, 2.75) is 44.2 Å². The first kappa shape index (κ1) is 16.0. The van der Waals surface area contributed by atoms with Gasteiger partial charge in [-0.25, -0.2) is 4.79 Å². The molecule has 1 aromatic carbocycles. The highest BCUT2D eigenvalue weighted by Gasteiger charge is 2.33. The third kappa shape index (κ3) is 3.08. The van der Waals surface area contributed by atoms with Crippen molar-refractivity contribution in [2.75, 3.05) is 13.2 Å². The number of para-hydroxylation sites is 1. The number of carbonyl (C=O) groups excluding carboxylic acids is 1. The highest BCUT2D eigenvalue weighted by atomic mass is 16.5. The first-order valence-electron chi connectivity index (χ1n) is 9.01. The quantitative estimate of drug-likeness (QED) is 0.901. The van der Waals surface area contributed by atoms with Gasteiger partial charge in [-0.3, -0.25) is 5.10 Å². The fraction of sp³-hybridized carbons (Fsp3) is 0.474. The molecule has 6 nitrogen and oxygen atoms in total. The Hall–Kier alpha value is -2.50. The summed E-state index contributed by atoms with van der Waals surface area (Å²) >= 11 is 0. The number of hydrogen-bond donors (Lipinski definition) is 2. The van der Waals surface area contributed by atoms with Gasteiger partial charge in [0.25, 0.3) is 0 Å². The Balaban J connectivity index is 1.46. The van der Waals surface area contributed by atoms with Crippen LogP contribution in [0.5, 0.6) is 5.75 Å². The van der Waals surface area contributed by atoms with E-state index in [0.717, 1.165) is 37.1 Å². The summed E-state index contributed by atoms with van der Waals surface area (Å²) in [5.41, 5.74) is 2.26. The van der Waals surface area contributed by atoms with Gasteiger partial charge >= 0.3 is 6.03 Å². The van der Waals surface area contributed by atoms with Crippen molar-refractivity contribution in [3.8, 4) is 5.75 Å². The number of urea groups is 1. The number of aromatic amines is 1. The highest BCUT2D eigenvalue weighted by molar-refractivity contribution is 5.75. The summed E-state index contributed by atoms with van der Waals surface area (Å²) < 4.78 is 5.76. The summed E-state index contributed by atoms with van der Waals surface area (Å²) in [6.07, 6.45) is 6.88. The van der Waals surface area contributed by atoms with Gasteiger partial charge in [0.2, 0.25) is 0 Å². The first-order chi connectivity index (χ1) is 12.2. The molecule has 0 unspecified atom stereocenters. The van der Waals surface area contributed by atoms with E-state index in [1.54, 1.807) is 0 Å². The van der Waals surface area contributed by atoms with Crippen molar-refractivity contribution in [1.82, 2.24) is 20.4 Å². The average molecular weight is 340 g/mol. The molecule has 3 atom stereocenters. The molecule has 2 aliphatic rings. The Morgan fingerprint density at radius 2 is 2.28 bits per heavy atom. The molecule has 2 aromatic rings. The van der Waals surface area contributed by atoms with E-state index in [1.165, 1.54) is 5.56 Å². The van der Waals surface area contributed by atoms with Gasteiger partial charge in [0.15, 0.2) is 0 Å². The summed E-state index contributed by atoms with van der Waals surface area (Å²) in [6.45, 7) is 3.46. The number of H-pyrrole nitrogens is 1. The molecule has 2 aliphatic heterocycles. The molecule has 0 bridgehead atoms. The summed E-state index contributed by atoms with van der Waals surface area (Å²) in [7, 11) is 0. The lowest BCUT2D eigenvalue weighted by molar-refractivity contribution is 0.147. The Kier molecular flexibility index (Phi) is 4.34. The lowest BCUT2D eigenvalue weighted by atomic mass is 9.94. The van der Waals surface area contributed by atoms with E-state index in [0.29, 0.717) is 6.61 Å². The molecule has 0 radical (unpaired) electrons. The van der Waals surface area contributed by atoms with Crippen LogP contribution in [0.2, 0.25) is 0 Å². The third-order valence-corrected chi connectivity index (χ3v) is 5.36. The Labute approximate surface area is 147 Å². The number of amides is 2. The van der Waals surface area contributed by atoms with Crippen LogP contribution in [0.3, 0.4) is 0 Å². The van der Waals surface area contributed by atoms with Crippen molar-refractivity contribution < 1.29 is 9.53 Å². The number of nitrogens with zero attached hydrogens (tertiary/aromatic N) is 2. The van der Waals surface area contributed by atoms with Crippen molar-refractivity contribution in [2.24, 2.45) is 0 Å². The Morgan fingerprint density at radius 1 is 1.40 bits per heavy atom. The van der Waals surface area contributed by atoms with Crippen LogP contribution in [0.4, 0.5) is 4.79 Å². The van der Waals surface area contributed by atoms with E-state index >= 15 is 0 Å². The van der Waals surface area contributed by atoms with Crippen LogP contribution in [-0.4, -0.2) is 40.3 Å². The molecule has 25 heavy (non-hydrogen) atoms. The van der Waals surface area contributed by atoms with Crippen LogP contribution in [0.25, 0.3) is 0 Å². The van der Waals surface area contributed by atoms with E-state index < -0.39 is 0 Å². The summed E-state index contributed by atoms with van der Waals surface area (Å²) in [5.74, 6) is 1.13. The number of benzene rings is 1. The van der Waals surface area contributed by atoms with Crippen LogP contribution >= 0.6 is 0 Å². The Morgan fingerprint density at radius 3 is 3.12 bits per heavy atom. The average Bonchev–Trinajstić information content (AvgIpc) is 3.31. The van der Waals surface area contributed by atoms with Gasteiger partial charge in [-0.2, -0.15) is 5.10 Å². The zero-order valence-corrected chi connectivity index (χ0v) is 14.4. The molecule has 1 saturated heterocycles. The predicted octanol–water partition coefficient (Wildman–Crippen LogP) is 3.21. The van der Waals surface area contributed by atoms with Crippen molar-refractivity contribution >= 4 is 6.03 Å². The number of carbonyl (C=O) groups is 1. The number of piperidine rings is 1. The molecule has 4 rings (SSSR count). The predicted molar refractivity (Wildman–Crippen MR) is 94.6 cm³/mol. The third-order valence-electron chi connectivity index (χ3n) is 5.36. The molecular weight excluding hydrogens is 316 g/mol. The Bertz CT molecular complexity index is 731. The lowest BCUT2D eigenvalue weighted by Crippen LogP contribution is -2.48. The fourth-order valence-corrected chi connectivity index (χ4v) is 3.94. The molecule has 0 spiro atoms. The molecule has 2 amide bonds. The van der Waals surface area contributed by atoms with E-state index in [4.69, 9.17) is 4.74 Å². The SMILES string of the molecule is C[C@H](NC(=O)N1CCCC[C@@H]1c1cn[nH]c1)[C@@H]1COc2ccccc21. The molecule has 1 fully saturated rings. The van der Waals surface area contributed by atoms with E-state index in [-0.39, 0.29) is 24.0 Å². The highest BCUT2D eigenvalue weighted by Crippen LogP contribution is 2.36. The molecule has 3 heterocycles. The summed E-state index contributed by atoms with van der Waals surface area (Å²) in [6, 6.07) is 8.20. The summed E-state index contributed by atoms with van der Waals surface area (Å²) in [4.78, 5) is 14.9. The van der Waals surface area contributed by atoms with Crippen LogP contribution in [0.15, 0.2) is 36.7 Å². The number of rotatable bonds is 3. The molecule has 6 heteroatoms. The second kappa shape index (κ2) is 6.78. The number of likely N-dealkylation sites (tertiary alicyclic amines) is 1. The van der Waals surface area contributed by atoms with E-state index in [9.17, 15) is 4.79 Å². The normalized spacial score (nSPS) is 23.6. The van der Waals surface area contributed by atoms with Gasteiger partial charge in [-0.15, -0.1) is 0 Å². The number of aromatic nitrogens is 2. The largest absolute Gasteiger partial charge is 0.493 e. The molecule has 132 valence electrons. The monoisotopic (exact) mass is 340 g/mol. The number of nitrogens with one attached hydrogen (secondary N) is 2. The van der Waals surface area contributed by atoms with Crippen LogP contribution in [-0.2, 0) is 0 Å². The number of ether oxygens (including phenoxy) is 1. The van der Waals surface area contributed by atoms with Gasteiger partial charge in [-0.1, -0.05) is 18.2 Å². The lowest BCUT2D eigenvalue weighted by Gasteiger charge is -2.36. The fourth-order valence-electron chi connectivity index (χ4n) is 3.94. The van der Waals surface area contributed by atoms with Crippen molar-refractivity contribution in [3.05, 3.63) is 47.8 Å². The summed E-state index contributed by atoms with van der Waals surface area (Å²) in [5, 5.41) is 10.1. The minimum Gasteiger partial charge on any atom is -0.493 e. The van der Waals surface area contributed by atoms with Gasteiger partial charge < -0.3 is 15.0 Å². The zero-order chi connectivity index (χ0) is 17.2. The van der Waals surface area contributed by atoms with Crippen molar-refractivity contribution in [3.63, 3.8) is 0 Å². The maximum atomic E-state index is 12.9. The van der Waals surface area contributed by atoms with E-state index in [1.807, 2.05) is 35.5 Å². The maximum Gasteiger partial charge on any atom is 0.318 e. The van der Waals surface area contributed by atoms with Crippen LogP contribution in [0, 0.1) is 0 Å². The molecule has 0 aliphatic carbocycles. The smallest absolute Gasteiger partial charge is 0.318 e. The topological polar surface area (TPSA) is 70.2 Å². The zero-order valence-electron chi connectivity index (χ0n) is 14.4. The van der Waals surface area contributed by atoms with Gasteiger partial charge in [0, 0.05) is 35.8 Å².